The van der Waals surface area contributed by atoms with Crippen molar-refractivity contribution in [3.8, 4) is 0 Å². The Morgan fingerprint density at radius 1 is 1.00 bits per heavy atom. The predicted octanol–water partition coefficient (Wildman–Crippen LogP) is 5.49. The molecule has 2 unspecified atom stereocenters. The highest BCUT2D eigenvalue weighted by Gasteiger charge is 2.39. The molecular formula is C28H27ClF2N4O2. The lowest BCUT2D eigenvalue weighted by atomic mass is 9.88. The number of carbonyl (C=O) groups excluding carboxylic acids is 2. The van der Waals surface area contributed by atoms with E-state index in [9.17, 15) is 18.4 Å². The summed E-state index contributed by atoms with van der Waals surface area (Å²) in [4.78, 5) is 27.0. The van der Waals surface area contributed by atoms with Gasteiger partial charge >= 0.3 is 0 Å². The summed E-state index contributed by atoms with van der Waals surface area (Å²) < 4.78 is 26.2. The smallest absolute Gasteiger partial charge is 0.251 e. The van der Waals surface area contributed by atoms with Gasteiger partial charge in [-0.25, -0.2) is 8.78 Å². The zero-order valence-corrected chi connectivity index (χ0v) is 20.7. The van der Waals surface area contributed by atoms with Gasteiger partial charge in [0, 0.05) is 35.8 Å². The van der Waals surface area contributed by atoms with Crippen molar-refractivity contribution in [3.63, 3.8) is 0 Å². The molecule has 1 heterocycles. The van der Waals surface area contributed by atoms with Gasteiger partial charge in [-0.3, -0.25) is 14.5 Å². The van der Waals surface area contributed by atoms with Crippen LogP contribution in [-0.2, 0) is 9.59 Å². The molecule has 0 bridgehead atoms. The van der Waals surface area contributed by atoms with E-state index in [4.69, 9.17) is 17.3 Å². The first-order valence-electron chi connectivity index (χ1n) is 11.8. The largest absolute Gasteiger partial charge is 0.397 e. The minimum absolute atomic E-state index is 0.232. The molecule has 4 rings (SSSR count). The molecule has 1 fully saturated rings. The van der Waals surface area contributed by atoms with Crippen LogP contribution in [-0.4, -0.2) is 42.8 Å². The van der Waals surface area contributed by atoms with Gasteiger partial charge in [0.15, 0.2) is 0 Å². The van der Waals surface area contributed by atoms with Crippen molar-refractivity contribution in [3.05, 3.63) is 95.0 Å². The molecule has 6 nitrogen and oxygen atoms in total. The van der Waals surface area contributed by atoms with E-state index in [1.54, 1.807) is 59.5 Å². The summed E-state index contributed by atoms with van der Waals surface area (Å²) in [6.07, 6.45) is 0.591. The van der Waals surface area contributed by atoms with Crippen LogP contribution in [0.2, 0.25) is 5.02 Å². The van der Waals surface area contributed by atoms with Crippen molar-refractivity contribution in [1.29, 1.82) is 0 Å². The maximum absolute atomic E-state index is 13.1. The first-order valence-corrected chi connectivity index (χ1v) is 12.2. The average Bonchev–Trinajstić information content (AvgIpc) is 3.29. The van der Waals surface area contributed by atoms with E-state index in [1.165, 1.54) is 6.08 Å². The molecule has 192 valence electrons. The molecule has 0 aliphatic carbocycles. The Kier molecular flexibility index (Phi) is 8.53. The number of benzene rings is 3. The number of nitrogens with two attached hydrogens (primary N) is 1. The van der Waals surface area contributed by atoms with Gasteiger partial charge in [0.25, 0.3) is 6.43 Å². The first-order chi connectivity index (χ1) is 17.8. The number of alkyl halides is 2. The zero-order valence-electron chi connectivity index (χ0n) is 19.9. The summed E-state index contributed by atoms with van der Waals surface area (Å²) in [6.45, 7) is 0.196. The molecular weight excluding hydrogens is 498 g/mol. The minimum atomic E-state index is -2.48. The van der Waals surface area contributed by atoms with Gasteiger partial charge < -0.3 is 16.4 Å². The number of halogens is 3. The average molecular weight is 525 g/mol. The molecule has 3 aromatic rings. The van der Waals surface area contributed by atoms with Gasteiger partial charge in [0.1, 0.15) is 0 Å². The second-order valence-corrected chi connectivity index (χ2v) is 9.33. The van der Waals surface area contributed by atoms with Crippen molar-refractivity contribution in [1.82, 2.24) is 4.90 Å². The summed E-state index contributed by atoms with van der Waals surface area (Å²) >= 11 is 5.92. The van der Waals surface area contributed by atoms with Crippen molar-refractivity contribution in [2.75, 3.05) is 36.0 Å². The fourth-order valence-electron chi connectivity index (χ4n) is 4.41. The zero-order chi connectivity index (χ0) is 26.4. The van der Waals surface area contributed by atoms with Crippen LogP contribution in [0.4, 0.5) is 25.8 Å². The maximum Gasteiger partial charge on any atom is 0.251 e. The lowest BCUT2D eigenvalue weighted by molar-refractivity contribution is -0.120. The molecule has 1 aliphatic rings. The summed E-state index contributed by atoms with van der Waals surface area (Å²) in [5.41, 5.74) is 9.10. The Morgan fingerprint density at radius 2 is 1.70 bits per heavy atom. The third kappa shape index (κ3) is 7.15. The van der Waals surface area contributed by atoms with Crippen LogP contribution >= 0.6 is 11.6 Å². The lowest BCUT2D eigenvalue weighted by Gasteiger charge is -2.19. The quantitative estimate of drug-likeness (QED) is 0.268. The molecule has 37 heavy (non-hydrogen) atoms. The minimum Gasteiger partial charge on any atom is -0.397 e. The van der Waals surface area contributed by atoms with Gasteiger partial charge in [-0.05, 0) is 53.6 Å². The number of nitrogen functional groups attached to an aromatic ring is 1. The molecule has 2 amide bonds. The lowest BCUT2D eigenvalue weighted by Crippen LogP contribution is -2.30. The molecule has 1 saturated heterocycles. The fraction of sp³-hybridized carbons (Fsp3) is 0.214. The first kappa shape index (κ1) is 26.3. The normalized spacial score (nSPS) is 17.8. The highest BCUT2D eigenvalue weighted by atomic mass is 35.5. The van der Waals surface area contributed by atoms with E-state index < -0.39 is 12.3 Å². The van der Waals surface area contributed by atoms with Gasteiger partial charge in [0.2, 0.25) is 11.8 Å². The highest BCUT2D eigenvalue weighted by Crippen LogP contribution is 2.34. The van der Waals surface area contributed by atoms with Crippen LogP contribution in [0, 0.1) is 5.92 Å². The van der Waals surface area contributed by atoms with Crippen molar-refractivity contribution in [2.45, 2.75) is 12.3 Å². The number of anilines is 3. The third-order valence-corrected chi connectivity index (χ3v) is 6.50. The maximum atomic E-state index is 13.1. The Labute approximate surface area is 219 Å². The van der Waals surface area contributed by atoms with Gasteiger partial charge in [-0.15, -0.1) is 0 Å². The Hall–Kier alpha value is -3.75. The number of hydrogen-bond acceptors (Lipinski definition) is 4. The number of likely N-dealkylation sites (tertiary alicyclic amines) is 1. The molecule has 0 spiro atoms. The number of carbonyl (C=O) groups is 2. The van der Waals surface area contributed by atoms with E-state index in [2.05, 4.69) is 10.6 Å². The number of rotatable bonds is 8. The Bertz CT molecular complexity index is 1270. The van der Waals surface area contributed by atoms with E-state index in [-0.39, 0.29) is 30.8 Å². The van der Waals surface area contributed by atoms with Crippen molar-refractivity contribution in [2.24, 2.45) is 5.92 Å². The van der Waals surface area contributed by atoms with E-state index in [0.29, 0.717) is 28.6 Å². The molecule has 2 atom stereocenters. The van der Waals surface area contributed by atoms with Crippen LogP contribution in [0.25, 0.3) is 6.08 Å². The van der Waals surface area contributed by atoms with Crippen LogP contribution < -0.4 is 16.4 Å². The van der Waals surface area contributed by atoms with E-state index in [0.717, 1.165) is 11.1 Å². The topological polar surface area (TPSA) is 87.5 Å². The second-order valence-electron chi connectivity index (χ2n) is 8.90. The number of hydrogen-bond donors (Lipinski definition) is 3. The molecule has 9 heteroatoms. The summed E-state index contributed by atoms with van der Waals surface area (Å²) in [5.74, 6) is -1.31. The summed E-state index contributed by atoms with van der Waals surface area (Å²) in [6, 6.07) is 21.1. The molecule has 0 saturated carbocycles. The van der Waals surface area contributed by atoms with Gasteiger partial charge in [-0.2, -0.15) is 0 Å². The van der Waals surface area contributed by atoms with Gasteiger partial charge in [-0.1, -0.05) is 48.0 Å². The fourth-order valence-corrected chi connectivity index (χ4v) is 4.54. The standard InChI is InChI=1S/C28H27ClF2N4O2/c29-20-10-12-21(13-11-20)33-28(37)23-16-35(17-26(30)31)15-22(23)19-8-5-18(6-9-19)7-14-27(36)34-25-4-2-1-3-24(25)32/h1-14,22-23,26H,15-17,32H2,(H,33,37)(H,34,36)/b14-7+. The van der Waals surface area contributed by atoms with Crippen LogP contribution in [0.1, 0.15) is 17.0 Å². The molecule has 1 aliphatic heterocycles. The third-order valence-electron chi connectivity index (χ3n) is 6.25. The monoisotopic (exact) mass is 524 g/mol. The predicted molar refractivity (Wildman–Crippen MR) is 144 cm³/mol. The molecule has 3 aromatic carbocycles. The van der Waals surface area contributed by atoms with Crippen molar-refractivity contribution < 1.29 is 18.4 Å². The van der Waals surface area contributed by atoms with E-state index >= 15 is 0 Å². The Morgan fingerprint density at radius 3 is 2.38 bits per heavy atom. The van der Waals surface area contributed by atoms with Crippen LogP contribution in [0.3, 0.4) is 0 Å². The number of amides is 2. The number of nitrogens with zero attached hydrogens (tertiary/aromatic N) is 1. The second kappa shape index (κ2) is 12.0. The SMILES string of the molecule is Nc1ccccc1NC(=O)/C=C/c1ccc(C2CN(CC(F)F)CC2C(=O)Nc2ccc(Cl)cc2)cc1. The van der Waals surface area contributed by atoms with E-state index in [1.807, 2.05) is 24.3 Å². The Balaban J connectivity index is 1.45. The molecule has 4 N–H and O–H groups in total. The molecule has 0 radical (unpaired) electrons. The highest BCUT2D eigenvalue weighted by molar-refractivity contribution is 6.30. The number of para-hydroxylation sites is 2. The summed E-state index contributed by atoms with van der Waals surface area (Å²) in [7, 11) is 0. The van der Waals surface area contributed by atoms with Crippen molar-refractivity contribution >= 4 is 46.6 Å². The summed E-state index contributed by atoms with van der Waals surface area (Å²) in [5, 5.41) is 6.16. The number of nitrogens with one attached hydrogen (secondary N) is 2. The van der Waals surface area contributed by atoms with Crippen LogP contribution in [0.5, 0.6) is 0 Å². The van der Waals surface area contributed by atoms with Gasteiger partial charge in [0.05, 0.1) is 23.8 Å². The molecule has 0 aromatic heterocycles. The van der Waals surface area contributed by atoms with Crippen LogP contribution in [0.15, 0.2) is 78.9 Å².